The van der Waals surface area contributed by atoms with E-state index in [1.165, 1.54) is 55.6 Å². The van der Waals surface area contributed by atoms with Gasteiger partial charge < -0.3 is 21.0 Å². The average molecular weight is 506 g/mol. The Bertz CT molecular complexity index is 1310. The van der Waals surface area contributed by atoms with E-state index in [9.17, 15) is 27.9 Å². The molecule has 0 aliphatic carbocycles. The van der Waals surface area contributed by atoms with E-state index in [2.05, 4.69) is 10.4 Å². The van der Waals surface area contributed by atoms with Crippen molar-refractivity contribution in [2.75, 3.05) is 12.4 Å². The normalized spacial score (nSPS) is 11.7. The maximum atomic E-state index is 12.9. The van der Waals surface area contributed by atoms with Crippen LogP contribution >= 0.6 is 11.6 Å². The molecule has 0 aliphatic heterocycles. The Morgan fingerprint density at radius 3 is 2.49 bits per heavy atom. The fourth-order valence-electron chi connectivity index (χ4n) is 3.25. The highest BCUT2D eigenvalue weighted by Gasteiger charge is 2.30. The number of Topliss-reactive ketones (excluding diaryl/α,β-unsaturated/α-hetero) is 1. The molecule has 0 radical (unpaired) electrons. The molecule has 0 saturated carbocycles. The molecule has 0 saturated heterocycles. The smallest absolute Gasteiger partial charge is 0.416 e. The number of phenolic OH excluding ortho intramolecular Hbond substituents is 1. The summed E-state index contributed by atoms with van der Waals surface area (Å²) in [6.45, 7) is 0. The Balaban J connectivity index is 1.80. The number of nitrogens with two attached hydrogens (primary N) is 1. The van der Waals surface area contributed by atoms with Gasteiger partial charge in [0, 0.05) is 22.9 Å². The van der Waals surface area contributed by atoms with E-state index in [1.807, 2.05) is 0 Å². The number of carbonyl (C=O) groups excluding carboxylic acids is 2. The minimum Gasteiger partial charge on any atom is -0.506 e. The second kappa shape index (κ2) is 10.5. The summed E-state index contributed by atoms with van der Waals surface area (Å²) in [5.41, 5.74) is -0.194. The third-order valence-corrected chi connectivity index (χ3v) is 5.22. The number of hydrazone groups is 1. The summed E-state index contributed by atoms with van der Waals surface area (Å²) in [6.07, 6.45) is -4.80. The number of carbonyl (C=O) groups is 2. The Morgan fingerprint density at radius 2 is 1.86 bits per heavy atom. The molecule has 0 spiro atoms. The van der Waals surface area contributed by atoms with Gasteiger partial charge in [-0.3, -0.25) is 9.59 Å². The fraction of sp³-hybridized carbons (Fsp3) is 0.125. The number of halogens is 4. The predicted molar refractivity (Wildman–Crippen MR) is 125 cm³/mol. The number of nitrogens with zero attached hydrogens (tertiary/aromatic N) is 1. The third-order valence-electron chi connectivity index (χ3n) is 4.91. The monoisotopic (exact) mass is 505 g/mol. The topological polar surface area (TPSA) is 114 Å². The Kier molecular flexibility index (Phi) is 7.65. The number of ether oxygens (including phenoxy) is 1. The molecular formula is C24H19ClF3N3O4. The molecule has 7 nitrogen and oxygen atoms in total. The van der Waals surface area contributed by atoms with Gasteiger partial charge in [0.05, 0.1) is 24.1 Å². The van der Waals surface area contributed by atoms with Crippen LogP contribution in [0.4, 0.5) is 18.9 Å². The van der Waals surface area contributed by atoms with Crippen molar-refractivity contribution in [3.8, 4) is 11.5 Å². The summed E-state index contributed by atoms with van der Waals surface area (Å²) in [7, 11) is 1.34. The first kappa shape index (κ1) is 25.6. The summed E-state index contributed by atoms with van der Waals surface area (Å²) < 4.78 is 44.0. The number of benzene rings is 3. The zero-order valence-electron chi connectivity index (χ0n) is 18.2. The van der Waals surface area contributed by atoms with E-state index in [-0.39, 0.29) is 51.0 Å². The predicted octanol–water partition coefficient (Wildman–Crippen LogP) is 4.80. The SMILES string of the molecule is COc1cc(NC(=O)Cc2cccc(C(F)(F)F)c2)ccc1C(=NN)C(=O)c1ccc(O)c(Cl)c1. The van der Waals surface area contributed by atoms with Gasteiger partial charge in [0.1, 0.15) is 17.2 Å². The first-order valence-corrected chi connectivity index (χ1v) is 10.4. The molecule has 1 amide bonds. The lowest BCUT2D eigenvalue weighted by molar-refractivity contribution is -0.137. The summed E-state index contributed by atoms with van der Waals surface area (Å²) in [6, 6.07) is 12.7. The quantitative estimate of drug-likeness (QED) is 0.185. The maximum Gasteiger partial charge on any atom is 0.416 e. The molecule has 0 atom stereocenters. The minimum atomic E-state index is -4.51. The van der Waals surface area contributed by atoms with E-state index >= 15 is 0 Å². The number of anilines is 1. The molecular weight excluding hydrogens is 487 g/mol. The number of amides is 1. The van der Waals surface area contributed by atoms with E-state index in [4.69, 9.17) is 22.2 Å². The van der Waals surface area contributed by atoms with Crippen molar-refractivity contribution >= 4 is 34.7 Å². The van der Waals surface area contributed by atoms with Crippen LogP contribution in [-0.2, 0) is 17.4 Å². The number of hydrogen-bond acceptors (Lipinski definition) is 6. The minimum absolute atomic E-state index is 0.0296. The zero-order chi connectivity index (χ0) is 25.8. The van der Waals surface area contributed by atoms with Crippen molar-refractivity contribution in [1.29, 1.82) is 0 Å². The van der Waals surface area contributed by atoms with Crippen LogP contribution in [-0.4, -0.2) is 29.6 Å². The van der Waals surface area contributed by atoms with Crippen LogP contribution in [0.5, 0.6) is 11.5 Å². The lowest BCUT2D eigenvalue weighted by Gasteiger charge is -2.13. The van der Waals surface area contributed by atoms with Gasteiger partial charge in [-0.2, -0.15) is 18.3 Å². The number of ketones is 1. The highest BCUT2D eigenvalue weighted by Crippen LogP contribution is 2.30. The molecule has 35 heavy (non-hydrogen) atoms. The van der Waals surface area contributed by atoms with E-state index in [0.717, 1.165) is 12.1 Å². The van der Waals surface area contributed by atoms with Gasteiger partial charge in [-0.15, -0.1) is 0 Å². The van der Waals surface area contributed by atoms with Crippen molar-refractivity contribution < 1.29 is 32.6 Å². The molecule has 0 fully saturated rings. The Labute approximate surface area is 203 Å². The highest BCUT2D eigenvalue weighted by atomic mass is 35.5. The standard InChI is InChI=1S/C24H19ClF3N3O4/c1-35-20-12-16(30-21(33)10-13-3-2-4-15(9-13)24(26,27)28)6-7-17(20)22(31-29)23(34)14-5-8-19(32)18(25)11-14/h2-9,11-12,32H,10,29H2,1H3,(H,30,33). The van der Waals surface area contributed by atoms with E-state index in [1.54, 1.807) is 0 Å². The maximum absolute atomic E-state index is 12.9. The number of hydrogen-bond donors (Lipinski definition) is 3. The van der Waals surface area contributed by atoms with E-state index in [0.29, 0.717) is 0 Å². The highest BCUT2D eigenvalue weighted by molar-refractivity contribution is 6.52. The van der Waals surface area contributed by atoms with Gasteiger partial charge in [-0.25, -0.2) is 0 Å². The summed E-state index contributed by atoms with van der Waals surface area (Å²) in [5, 5.41) is 15.7. The number of nitrogens with one attached hydrogen (secondary N) is 1. The Morgan fingerprint density at radius 1 is 1.11 bits per heavy atom. The van der Waals surface area contributed by atoms with Crippen LogP contribution in [0.25, 0.3) is 0 Å². The molecule has 182 valence electrons. The van der Waals surface area contributed by atoms with Crippen LogP contribution in [0.15, 0.2) is 65.8 Å². The molecule has 0 aromatic heterocycles. The van der Waals surface area contributed by atoms with Gasteiger partial charge in [0.15, 0.2) is 0 Å². The summed E-state index contributed by atoms with van der Waals surface area (Å²) >= 11 is 5.87. The molecule has 0 unspecified atom stereocenters. The lowest BCUT2D eigenvalue weighted by atomic mass is 9.99. The molecule has 3 rings (SSSR count). The molecule has 0 bridgehead atoms. The number of methoxy groups -OCH3 is 1. The van der Waals surface area contributed by atoms with Crippen LogP contribution in [0.3, 0.4) is 0 Å². The van der Waals surface area contributed by atoms with Gasteiger partial charge in [0.25, 0.3) is 0 Å². The second-order valence-electron chi connectivity index (χ2n) is 7.31. The molecule has 4 N–H and O–H groups in total. The van der Waals surface area contributed by atoms with Crippen molar-refractivity contribution in [2.45, 2.75) is 12.6 Å². The molecule has 0 heterocycles. The Hall–Kier alpha value is -4.05. The van der Waals surface area contributed by atoms with Crippen molar-refractivity contribution in [1.82, 2.24) is 0 Å². The van der Waals surface area contributed by atoms with Crippen molar-refractivity contribution in [2.24, 2.45) is 10.9 Å². The summed E-state index contributed by atoms with van der Waals surface area (Å²) in [5.74, 6) is 4.28. The van der Waals surface area contributed by atoms with Gasteiger partial charge >= 0.3 is 6.18 Å². The van der Waals surface area contributed by atoms with Crippen LogP contribution < -0.4 is 15.9 Å². The largest absolute Gasteiger partial charge is 0.506 e. The van der Waals surface area contributed by atoms with Crippen LogP contribution in [0.1, 0.15) is 27.0 Å². The number of alkyl halides is 3. The average Bonchev–Trinajstić information content (AvgIpc) is 2.81. The van der Waals surface area contributed by atoms with Gasteiger partial charge in [-0.1, -0.05) is 29.8 Å². The van der Waals surface area contributed by atoms with Crippen molar-refractivity contribution in [3.63, 3.8) is 0 Å². The van der Waals surface area contributed by atoms with Crippen LogP contribution in [0.2, 0.25) is 5.02 Å². The molecule has 3 aromatic carbocycles. The first-order chi connectivity index (χ1) is 16.5. The van der Waals surface area contributed by atoms with Gasteiger partial charge in [-0.05, 0) is 42.0 Å². The second-order valence-corrected chi connectivity index (χ2v) is 7.72. The van der Waals surface area contributed by atoms with Crippen LogP contribution in [0, 0.1) is 0 Å². The molecule has 0 aliphatic rings. The van der Waals surface area contributed by atoms with Crippen molar-refractivity contribution in [3.05, 3.63) is 87.9 Å². The number of aromatic hydroxyl groups is 1. The summed E-state index contributed by atoms with van der Waals surface area (Å²) in [4.78, 5) is 25.3. The zero-order valence-corrected chi connectivity index (χ0v) is 18.9. The van der Waals surface area contributed by atoms with Gasteiger partial charge in [0.2, 0.25) is 11.7 Å². The fourth-order valence-corrected chi connectivity index (χ4v) is 3.43. The third kappa shape index (κ3) is 6.10. The van der Waals surface area contributed by atoms with E-state index < -0.39 is 23.4 Å². The molecule has 11 heteroatoms. The molecule has 3 aromatic rings. The number of phenols is 1. The number of rotatable bonds is 7. The lowest BCUT2D eigenvalue weighted by Crippen LogP contribution is -2.19. The first-order valence-electron chi connectivity index (χ1n) is 9.99.